The van der Waals surface area contributed by atoms with Crippen molar-refractivity contribution in [3.05, 3.63) is 0 Å². The lowest BCUT2D eigenvalue weighted by Gasteiger charge is -2.45. The Labute approximate surface area is 124 Å². The molecule has 0 saturated carbocycles. The van der Waals surface area contributed by atoms with E-state index in [9.17, 15) is 0 Å². The second-order valence-electron chi connectivity index (χ2n) is 7.00. The molecule has 114 valence electrons. The second kappa shape index (κ2) is 6.36. The van der Waals surface area contributed by atoms with Gasteiger partial charge in [0, 0.05) is 18.1 Å². The molecule has 3 nitrogen and oxygen atoms in total. The average molecular weight is 277 g/mol. The maximum Gasteiger partial charge on any atom is 0.194 e. The molecule has 0 aromatic carbocycles. The molecule has 0 spiro atoms. The van der Waals surface area contributed by atoms with E-state index in [1.165, 1.54) is 70.2 Å². The zero-order valence-electron chi connectivity index (χ0n) is 13.3. The Hall–Kier alpha value is -0.730. The van der Waals surface area contributed by atoms with Gasteiger partial charge in [-0.3, -0.25) is 0 Å². The third-order valence-electron chi connectivity index (χ3n) is 5.40. The van der Waals surface area contributed by atoms with Crippen molar-refractivity contribution in [3.8, 4) is 0 Å². The lowest BCUT2D eigenvalue weighted by molar-refractivity contribution is 0.201. The summed E-state index contributed by atoms with van der Waals surface area (Å²) in [6, 6.07) is 2.84. The van der Waals surface area contributed by atoms with Crippen molar-refractivity contribution in [3.63, 3.8) is 0 Å². The molecule has 0 aromatic heterocycles. The number of nitrogens with zero attached hydrogens (tertiary/aromatic N) is 2. The molecule has 0 bridgehead atoms. The molecular weight excluding hydrogens is 246 g/mol. The van der Waals surface area contributed by atoms with Gasteiger partial charge in [0.25, 0.3) is 0 Å². The summed E-state index contributed by atoms with van der Waals surface area (Å²) in [6.45, 7) is 4.58. The van der Waals surface area contributed by atoms with Crippen molar-refractivity contribution in [1.82, 2.24) is 10.2 Å². The highest BCUT2D eigenvalue weighted by Gasteiger charge is 2.43. The molecule has 3 heterocycles. The molecule has 0 aliphatic carbocycles. The van der Waals surface area contributed by atoms with E-state index in [2.05, 4.69) is 24.1 Å². The molecule has 2 fully saturated rings. The monoisotopic (exact) mass is 277 g/mol. The first-order valence-electron chi connectivity index (χ1n) is 8.94. The van der Waals surface area contributed by atoms with E-state index in [0.717, 1.165) is 12.1 Å². The van der Waals surface area contributed by atoms with Crippen LogP contribution in [0.1, 0.15) is 78.1 Å². The summed E-state index contributed by atoms with van der Waals surface area (Å²) in [4.78, 5) is 7.72. The molecule has 4 atom stereocenters. The Morgan fingerprint density at radius 1 is 1.05 bits per heavy atom. The lowest BCUT2D eigenvalue weighted by Crippen LogP contribution is -2.59. The highest BCUT2D eigenvalue weighted by Crippen LogP contribution is 2.37. The van der Waals surface area contributed by atoms with E-state index in [1.54, 1.807) is 0 Å². The highest BCUT2D eigenvalue weighted by atomic mass is 15.4. The predicted molar refractivity (Wildman–Crippen MR) is 85.1 cm³/mol. The van der Waals surface area contributed by atoms with Crippen molar-refractivity contribution >= 4 is 5.96 Å². The minimum absolute atomic E-state index is 0.586. The van der Waals surface area contributed by atoms with Crippen LogP contribution in [0, 0.1) is 0 Å². The Bertz CT molecular complexity index is 352. The van der Waals surface area contributed by atoms with Gasteiger partial charge < -0.3 is 10.2 Å². The maximum absolute atomic E-state index is 5.07. The third kappa shape index (κ3) is 2.82. The number of guanidine groups is 1. The molecule has 0 radical (unpaired) electrons. The predicted octanol–water partition coefficient (Wildman–Crippen LogP) is 3.69. The summed E-state index contributed by atoms with van der Waals surface area (Å²) in [7, 11) is 0. The molecule has 0 aromatic rings. The van der Waals surface area contributed by atoms with Crippen LogP contribution in [-0.4, -0.2) is 35.0 Å². The van der Waals surface area contributed by atoms with E-state index in [-0.39, 0.29) is 0 Å². The van der Waals surface area contributed by atoms with Crippen LogP contribution in [0.2, 0.25) is 0 Å². The first-order chi connectivity index (χ1) is 9.81. The Morgan fingerprint density at radius 2 is 1.75 bits per heavy atom. The van der Waals surface area contributed by atoms with Crippen LogP contribution in [0.15, 0.2) is 4.99 Å². The van der Waals surface area contributed by atoms with Crippen LogP contribution in [0.4, 0.5) is 0 Å². The highest BCUT2D eigenvalue weighted by molar-refractivity contribution is 5.83. The maximum atomic E-state index is 5.07. The first-order valence-corrected chi connectivity index (χ1v) is 8.94. The van der Waals surface area contributed by atoms with Crippen LogP contribution in [0.3, 0.4) is 0 Å². The molecule has 0 amide bonds. The molecular formula is C17H31N3. The fraction of sp³-hybridized carbons (Fsp3) is 0.941. The number of unbranched alkanes of at least 4 members (excludes halogenated alkanes) is 2. The van der Waals surface area contributed by atoms with E-state index in [4.69, 9.17) is 4.99 Å². The first kappa shape index (κ1) is 14.2. The molecule has 3 aliphatic heterocycles. The summed E-state index contributed by atoms with van der Waals surface area (Å²) >= 11 is 0. The van der Waals surface area contributed by atoms with E-state index in [0.29, 0.717) is 12.1 Å². The largest absolute Gasteiger partial charge is 0.353 e. The molecule has 3 rings (SSSR count). The van der Waals surface area contributed by atoms with Crippen LogP contribution >= 0.6 is 0 Å². The number of nitrogens with one attached hydrogen (secondary N) is 1. The zero-order valence-corrected chi connectivity index (χ0v) is 13.3. The van der Waals surface area contributed by atoms with Gasteiger partial charge in [0.05, 0.1) is 6.04 Å². The smallest absolute Gasteiger partial charge is 0.194 e. The topological polar surface area (TPSA) is 27.6 Å². The van der Waals surface area contributed by atoms with Crippen LogP contribution < -0.4 is 5.32 Å². The molecule has 2 saturated heterocycles. The quantitative estimate of drug-likeness (QED) is 0.802. The summed E-state index contributed by atoms with van der Waals surface area (Å²) in [5.41, 5.74) is 0. The van der Waals surface area contributed by atoms with Crippen molar-refractivity contribution in [2.75, 3.05) is 0 Å². The molecule has 3 heteroatoms. The van der Waals surface area contributed by atoms with Gasteiger partial charge in [0.1, 0.15) is 0 Å². The molecule has 0 unspecified atom stereocenters. The number of hydrogen-bond acceptors (Lipinski definition) is 3. The van der Waals surface area contributed by atoms with E-state index < -0.39 is 0 Å². The molecule has 3 aliphatic rings. The van der Waals surface area contributed by atoms with Gasteiger partial charge in [-0.25, -0.2) is 4.99 Å². The van der Waals surface area contributed by atoms with Crippen molar-refractivity contribution in [2.24, 2.45) is 4.99 Å². The molecule has 1 N–H and O–H groups in total. The van der Waals surface area contributed by atoms with Crippen LogP contribution in [0.25, 0.3) is 0 Å². The zero-order chi connectivity index (χ0) is 13.9. The van der Waals surface area contributed by atoms with E-state index >= 15 is 0 Å². The van der Waals surface area contributed by atoms with Gasteiger partial charge in [-0.2, -0.15) is 0 Å². The lowest BCUT2D eigenvalue weighted by atomic mass is 9.97. The van der Waals surface area contributed by atoms with Crippen LogP contribution in [-0.2, 0) is 0 Å². The van der Waals surface area contributed by atoms with Gasteiger partial charge in [0.2, 0.25) is 0 Å². The number of hydrogen-bond donors (Lipinski definition) is 1. The minimum Gasteiger partial charge on any atom is -0.353 e. The van der Waals surface area contributed by atoms with Gasteiger partial charge in [-0.15, -0.1) is 0 Å². The normalized spacial score (nSPS) is 35.5. The summed E-state index contributed by atoms with van der Waals surface area (Å²) < 4.78 is 0. The fourth-order valence-electron chi connectivity index (χ4n) is 4.32. The van der Waals surface area contributed by atoms with Gasteiger partial charge in [-0.1, -0.05) is 39.5 Å². The third-order valence-corrected chi connectivity index (χ3v) is 5.40. The van der Waals surface area contributed by atoms with Crippen molar-refractivity contribution in [2.45, 2.75) is 102 Å². The van der Waals surface area contributed by atoms with Gasteiger partial charge in [0.15, 0.2) is 5.96 Å². The SMILES string of the molecule is CCCC[C@@H]1C[C@@H]2CC[C@H]3C[C@@H](CCCC)NC(=N1)N23. The summed E-state index contributed by atoms with van der Waals surface area (Å²) in [6.07, 6.45) is 13.3. The average Bonchev–Trinajstić information content (AvgIpc) is 2.87. The van der Waals surface area contributed by atoms with Gasteiger partial charge >= 0.3 is 0 Å². The molecule has 20 heavy (non-hydrogen) atoms. The van der Waals surface area contributed by atoms with Crippen LogP contribution in [0.5, 0.6) is 0 Å². The standard InChI is InChI=1S/C17H31N3/c1-3-5-7-13-11-15-9-10-16-12-14(8-6-4-2)19-17(18-13)20(15)16/h13-16H,3-12H2,1-2H3,(H,18,19)/t13-,14-,15+,16+/m1/s1. The fourth-order valence-corrected chi connectivity index (χ4v) is 4.32. The minimum atomic E-state index is 0.586. The summed E-state index contributed by atoms with van der Waals surface area (Å²) in [5, 5.41) is 3.77. The van der Waals surface area contributed by atoms with Crippen molar-refractivity contribution < 1.29 is 0 Å². The Kier molecular flexibility index (Phi) is 4.52. The van der Waals surface area contributed by atoms with E-state index in [1.807, 2.05) is 0 Å². The van der Waals surface area contributed by atoms with Gasteiger partial charge in [-0.05, 0) is 38.5 Å². The summed E-state index contributed by atoms with van der Waals surface area (Å²) in [5.74, 6) is 1.26. The second-order valence-corrected chi connectivity index (χ2v) is 7.00. The Morgan fingerprint density at radius 3 is 2.50 bits per heavy atom. The van der Waals surface area contributed by atoms with Crippen molar-refractivity contribution in [1.29, 1.82) is 0 Å². The number of rotatable bonds is 6. The number of aliphatic imine (C=N–C) groups is 1. The Balaban J connectivity index is 1.69.